The molecule has 4 rings (SSSR count). The molecule has 0 bridgehead atoms. The van der Waals surface area contributed by atoms with Crippen LogP contribution in [0.25, 0.3) is 5.52 Å². The van der Waals surface area contributed by atoms with E-state index in [1.807, 2.05) is 50.5 Å². The smallest absolute Gasteiger partial charge is 0.399 e. The largest absolute Gasteiger partial charge is 0.496 e. The van der Waals surface area contributed by atoms with Gasteiger partial charge in [-0.3, -0.25) is 4.79 Å². The Balaban J connectivity index is 1.61. The van der Waals surface area contributed by atoms with Crippen LogP contribution in [0, 0.1) is 0 Å². The molecule has 0 aliphatic carbocycles. The van der Waals surface area contributed by atoms with Crippen LogP contribution in [0.4, 0.5) is 10.5 Å². The maximum Gasteiger partial charge on any atom is 0.496 e. The van der Waals surface area contributed by atoms with Crippen LogP contribution in [0.3, 0.4) is 0 Å². The van der Waals surface area contributed by atoms with Crippen LogP contribution in [0.15, 0.2) is 24.5 Å². The number of fused-ring (bicyclic) bond motifs is 1. The molecule has 2 fully saturated rings. The van der Waals surface area contributed by atoms with Gasteiger partial charge in [0.25, 0.3) is 3.91 Å². The lowest BCUT2D eigenvalue weighted by Crippen LogP contribution is -2.47. The summed E-state index contributed by atoms with van der Waals surface area (Å²) in [5, 5.41) is 4.46. The molecule has 0 radical (unpaired) electrons. The van der Waals surface area contributed by atoms with Gasteiger partial charge in [0.15, 0.2) is 0 Å². The fourth-order valence-electron chi connectivity index (χ4n) is 3.52. The van der Waals surface area contributed by atoms with Crippen LogP contribution in [0.1, 0.15) is 27.7 Å². The van der Waals surface area contributed by atoms with Crippen molar-refractivity contribution < 1.29 is 14.1 Å². The standard InChI is InChI=1S/C18H24BIN4O3/c1-17(2)18(3,4)27-19(26-17)13-11-15-14(5-6-21-24(15)12-13)22-7-9-23(10-8-22)16(20)25/h5-6,11-12H,7-10H2,1-4H3. The van der Waals surface area contributed by atoms with Crippen LogP contribution >= 0.6 is 22.6 Å². The summed E-state index contributed by atoms with van der Waals surface area (Å²) >= 11 is 1.85. The summed E-state index contributed by atoms with van der Waals surface area (Å²) in [7, 11) is -0.405. The molecule has 7 nitrogen and oxygen atoms in total. The van der Waals surface area contributed by atoms with Gasteiger partial charge in [-0.25, -0.2) is 4.52 Å². The minimum absolute atomic E-state index is 0.109. The second-order valence-electron chi connectivity index (χ2n) is 8.13. The third kappa shape index (κ3) is 3.34. The van der Waals surface area contributed by atoms with Crippen molar-refractivity contribution in [3.8, 4) is 0 Å². The highest BCUT2D eigenvalue weighted by Gasteiger charge is 2.52. The molecule has 27 heavy (non-hydrogen) atoms. The minimum Gasteiger partial charge on any atom is -0.399 e. The SMILES string of the molecule is CC1(C)OB(c2cc3c(N4CCN(C(=O)I)CC4)ccnn3c2)OC1(C)C. The van der Waals surface area contributed by atoms with Gasteiger partial charge in [0, 0.05) is 66.6 Å². The molecule has 2 aromatic rings. The zero-order valence-corrected chi connectivity index (χ0v) is 18.3. The predicted octanol–water partition coefficient (Wildman–Crippen LogP) is 2.31. The maximum absolute atomic E-state index is 11.6. The van der Waals surface area contributed by atoms with E-state index < -0.39 is 7.12 Å². The topological polar surface area (TPSA) is 59.3 Å². The van der Waals surface area contributed by atoms with Gasteiger partial charge < -0.3 is 19.1 Å². The molecule has 2 aromatic heterocycles. The number of carbonyl (C=O) groups is 1. The highest BCUT2D eigenvalue weighted by molar-refractivity contribution is 14.1. The molecule has 0 N–H and O–H groups in total. The predicted molar refractivity (Wildman–Crippen MR) is 114 cm³/mol. The summed E-state index contributed by atoms with van der Waals surface area (Å²) in [6.45, 7) is 11.3. The molecule has 2 saturated heterocycles. The van der Waals surface area contributed by atoms with Crippen molar-refractivity contribution in [1.82, 2.24) is 14.5 Å². The first-order chi connectivity index (χ1) is 12.7. The first-order valence-electron chi connectivity index (χ1n) is 9.20. The van der Waals surface area contributed by atoms with Gasteiger partial charge in [0.1, 0.15) is 0 Å². The van der Waals surface area contributed by atoms with Crippen molar-refractivity contribution in [1.29, 1.82) is 0 Å². The van der Waals surface area contributed by atoms with Crippen LogP contribution in [-0.4, -0.2) is 62.9 Å². The van der Waals surface area contributed by atoms with E-state index >= 15 is 0 Å². The van der Waals surface area contributed by atoms with E-state index in [1.54, 1.807) is 0 Å². The van der Waals surface area contributed by atoms with E-state index in [0.717, 1.165) is 42.8 Å². The molecular weight excluding hydrogens is 458 g/mol. The van der Waals surface area contributed by atoms with E-state index in [2.05, 4.69) is 43.8 Å². The Bertz CT molecular complexity index is 861. The fourth-order valence-corrected chi connectivity index (χ4v) is 4.00. The van der Waals surface area contributed by atoms with Crippen molar-refractivity contribution >= 4 is 50.3 Å². The normalized spacial score (nSPS) is 21.9. The van der Waals surface area contributed by atoms with Gasteiger partial charge in [0.05, 0.1) is 22.4 Å². The number of piperazine rings is 1. The van der Waals surface area contributed by atoms with E-state index in [1.165, 1.54) is 0 Å². The summed E-state index contributed by atoms with van der Waals surface area (Å²) in [5.74, 6) is 0. The molecule has 1 amide bonds. The molecule has 0 aromatic carbocycles. The number of rotatable bonds is 2. The fraction of sp³-hybridized carbons (Fsp3) is 0.556. The monoisotopic (exact) mass is 482 g/mol. The number of aromatic nitrogens is 2. The number of carbonyl (C=O) groups excluding carboxylic acids is 1. The quantitative estimate of drug-likeness (QED) is 0.285. The van der Waals surface area contributed by atoms with Gasteiger partial charge in [-0.05, 0) is 39.8 Å². The van der Waals surface area contributed by atoms with Crippen molar-refractivity contribution in [3.63, 3.8) is 0 Å². The van der Waals surface area contributed by atoms with Crippen molar-refractivity contribution in [2.24, 2.45) is 0 Å². The van der Waals surface area contributed by atoms with Crippen LogP contribution in [0.5, 0.6) is 0 Å². The van der Waals surface area contributed by atoms with Crippen molar-refractivity contribution in [2.75, 3.05) is 31.1 Å². The first kappa shape index (κ1) is 19.0. The lowest BCUT2D eigenvalue weighted by atomic mass is 9.81. The summed E-state index contributed by atoms with van der Waals surface area (Å²) in [5.41, 5.74) is 2.37. The molecule has 4 heterocycles. The maximum atomic E-state index is 11.6. The zero-order valence-electron chi connectivity index (χ0n) is 16.1. The number of amides is 1. The van der Waals surface area contributed by atoms with Gasteiger partial charge >= 0.3 is 7.12 Å². The van der Waals surface area contributed by atoms with Gasteiger partial charge in [0.2, 0.25) is 0 Å². The Labute approximate surface area is 173 Å². The number of nitrogens with zero attached hydrogens (tertiary/aromatic N) is 4. The third-order valence-corrected chi connectivity index (χ3v) is 6.58. The molecule has 2 aliphatic heterocycles. The number of hydrogen-bond acceptors (Lipinski definition) is 5. The molecule has 9 heteroatoms. The number of hydrogen-bond donors (Lipinski definition) is 0. The molecule has 2 aliphatic rings. The van der Waals surface area contributed by atoms with Crippen LogP contribution in [0.2, 0.25) is 0 Å². The van der Waals surface area contributed by atoms with Crippen LogP contribution in [-0.2, 0) is 9.31 Å². The summed E-state index contributed by atoms with van der Waals surface area (Å²) in [6.07, 6.45) is 3.79. The zero-order chi connectivity index (χ0) is 19.4. The van der Waals surface area contributed by atoms with Crippen molar-refractivity contribution in [2.45, 2.75) is 38.9 Å². The van der Waals surface area contributed by atoms with Crippen molar-refractivity contribution in [3.05, 3.63) is 24.5 Å². The summed E-state index contributed by atoms with van der Waals surface area (Å²) < 4.78 is 14.4. The summed E-state index contributed by atoms with van der Waals surface area (Å²) in [6, 6.07) is 4.13. The Morgan fingerprint density at radius 1 is 1.15 bits per heavy atom. The highest BCUT2D eigenvalue weighted by atomic mass is 127. The highest BCUT2D eigenvalue weighted by Crippen LogP contribution is 2.36. The summed E-state index contributed by atoms with van der Waals surface area (Å²) in [4.78, 5) is 15.7. The Hall–Kier alpha value is -1.33. The lowest BCUT2D eigenvalue weighted by molar-refractivity contribution is 0.00578. The van der Waals surface area contributed by atoms with Gasteiger partial charge in [-0.15, -0.1) is 0 Å². The Kier molecular flexibility index (Phi) is 4.67. The van der Waals surface area contributed by atoms with Crippen LogP contribution < -0.4 is 10.4 Å². The van der Waals surface area contributed by atoms with E-state index in [-0.39, 0.29) is 15.1 Å². The molecular formula is C18H24BIN4O3. The third-order valence-electron chi connectivity index (χ3n) is 5.90. The molecule has 144 valence electrons. The Morgan fingerprint density at radius 3 is 2.37 bits per heavy atom. The molecule has 0 unspecified atom stereocenters. The van der Waals surface area contributed by atoms with Gasteiger partial charge in [-0.2, -0.15) is 5.10 Å². The van der Waals surface area contributed by atoms with E-state index in [4.69, 9.17) is 9.31 Å². The first-order valence-corrected chi connectivity index (χ1v) is 10.3. The average molecular weight is 482 g/mol. The van der Waals surface area contributed by atoms with Gasteiger partial charge in [-0.1, -0.05) is 0 Å². The lowest BCUT2D eigenvalue weighted by Gasteiger charge is -2.35. The number of anilines is 1. The second kappa shape index (κ2) is 6.63. The second-order valence-corrected chi connectivity index (χ2v) is 9.06. The molecule has 0 spiro atoms. The van der Waals surface area contributed by atoms with E-state index in [0.29, 0.717) is 0 Å². The number of halogens is 1. The Morgan fingerprint density at radius 2 is 1.78 bits per heavy atom. The molecule has 0 atom stereocenters. The molecule has 0 saturated carbocycles. The average Bonchev–Trinajstić information content (AvgIpc) is 3.13. The minimum atomic E-state index is -0.405. The van der Waals surface area contributed by atoms with E-state index in [9.17, 15) is 4.79 Å².